The van der Waals surface area contributed by atoms with Gasteiger partial charge in [0.25, 0.3) is 5.91 Å². The molecule has 1 amide bonds. The first-order valence-electron chi connectivity index (χ1n) is 10.7. The van der Waals surface area contributed by atoms with Crippen molar-refractivity contribution in [2.75, 3.05) is 44.2 Å². The van der Waals surface area contributed by atoms with E-state index in [9.17, 15) is 4.79 Å². The maximum absolute atomic E-state index is 12.9. The predicted molar refractivity (Wildman–Crippen MR) is 123 cm³/mol. The number of pyridine rings is 1. The lowest BCUT2D eigenvalue weighted by Crippen LogP contribution is -2.48. The van der Waals surface area contributed by atoms with E-state index in [4.69, 9.17) is 0 Å². The minimum absolute atomic E-state index is 0.0190. The van der Waals surface area contributed by atoms with Gasteiger partial charge in [-0.25, -0.2) is 0 Å². The zero-order valence-corrected chi connectivity index (χ0v) is 18.1. The summed E-state index contributed by atoms with van der Waals surface area (Å²) >= 11 is 0. The van der Waals surface area contributed by atoms with Gasteiger partial charge in [-0.15, -0.1) is 0 Å². The predicted octanol–water partition coefficient (Wildman–Crippen LogP) is 3.71. The summed E-state index contributed by atoms with van der Waals surface area (Å²) in [7, 11) is 0. The van der Waals surface area contributed by atoms with Crippen LogP contribution in [-0.2, 0) is 0 Å². The summed E-state index contributed by atoms with van der Waals surface area (Å²) in [5.41, 5.74) is 6.19. The van der Waals surface area contributed by atoms with Crippen molar-refractivity contribution in [2.45, 2.75) is 20.8 Å². The van der Waals surface area contributed by atoms with Gasteiger partial charge in [0.05, 0.1) is 11.1 Å². The molecule has 1 saturated heterocycles. The Morgan fingerprint density at radius 3 is 2.50 bits per heavy atom. The number of rotatable bonds is 5. The monoisotopic (exact) mass is 402 g/mol. The molecule has 0 saturated carbocycles. The van der Waals surface area contributed by atoms with Gasteiger partial charge in [-0.05, 0) is 56.7 Å². The summed E-state index contributed by atoms with van der Waals surface area (Å²) in [5, 5.41) is 4.03. The highest BCUT2D eigenvalue weighted by Crippen LogP contribution is 2.20. The largest absolute Gasteiger partial charge is 0.369 e. The van der Waals surface area contributed by atoms with Crippen LogP contribution >= 0.6 is 0 Å². The van der Waals surface area contributed by atoms with E-state index in [2.05, 4.69) is 51.3 Å². The Hall–Kier alpha value is -2.92. The lowest BCUT2D eigenvalue weighted by molar-refractivity contribution is 0.0949. The Balaban J connectivity index is 1.32. The molecule has 0 unspecified atom stereocenters. The lowest BCUT2D eigenvalue weighted by atomic mass is 10.0. The van der Waals surface area contributed by atoms with E-state index in [1.165, 1.54) is 11.3 Å². The topological polar surface area (TPSA) is 48.5 Å². The molecule has 0 spiro atoms. The molecule has 5 heteroatoms. The van der Waals surface area contributed by atoms with Gasteiger partial charge in [-0.2, -0.15) is 0 Å². The molecule has 0 bridgehead atoms. The van der Waals surface area contributed by atoms with Crippen molar-refractivity contribution >= 4 is 22.5 Å². The molecule has 156 valence electrons. The van der Waals surface area contributed by atoms with E-state index in [0.29, 0.717) is 12.1 Å². The number of amides is 1. The minimum Gasteiger partial charge on any atom is -0.369 e. The number of fused-ring (bicyclic) bond motifs is 1. The first kappa shape index (κ1) is 20.4. The number of nitrogens with one attached hydrogen (secondary N) is 1. The summed E-state index contributed by atoms with van der Waals surface area (Å²) in [6.45, 7) is 11.7. The Labute approximate surface area is 178 Å². The number of hydrogen-bond acceptors (Lipinski definition) is 4. The van der Waals surface area contributed by atoms with Gasteiger partial charge in [-0.3, -0.25) is 14.7 Å². The van der Waals surface area contributed by atoms with Crippen LogP contribution in [0.15, 0.2) is 48.5 Å². The van der Waals surface area contributed by atoms with Crippen molar-refractivity contribution in [3.05, 3.63) is 70.9 Å². The van der Waals surface area contributed by atoms with Crippen molar-refractivity contribution in [3.63, 3.8) is 0 Å². The number of aryl methyl sites for hydroxylation is 3. The van der Waals surface area contributed by atoms with Gasteiger partial charge < -0.3 is 10.2 Å². The molecule has 1 aromatic heterocycles. The minimum atomic E-state index is -0.0190. The van der Waals surface area contributed by atoms with Crippen LogP contribution in [0.3, 0.4) is 0 Å². The van der Waals surface area contributed by atoms with Crippen LogP contribution in [-0.4, -0.2) is 55.1 Å². The summed E-state index contributed by atoms with van der Waals surface area (Å²) < 4.78 is 0. The fourth-order valence-electron chi connectivity index (χ4n) is 4.14. The van der Waals surface area contributed by atoms with Gasteiger partial charge in [-0.1, -0.05) is 23.8 Å². The number of benzene rings is 2. The van der Waals surface area contributed by atoms with Crippen molar-refractivity contribution in [1.82, 2.24) is 15.2 Å². The van der Waals surface area contributed by atoms with E-state index >= 15 is 0 Å². The average Bonchev–Trinajstić information content (AvgIpc) is 2.74. The van der Waals surface area contributed by atoms with Gasteiger partial charge in [0.15, 0.2) is 0 Å². The summed E-state index contributed by atoms with van der Waals surface area (Å²) in [6.07, 6.45) is 0. The summed E-state index contributed by atoms with van der Waals surface area (Å²) in [6, 6.07) is 16.6. The number of aromatic nitrogens is 1. The summed E-state index contributed by atoms with van der Waals surface area (Å²) in [5.74, 6) is -0.0190. The molecule has 1 fully saturated rings. The Bertz CT molecular complexity index is 1050. The lowest BCUT2D eigenvalue weighted by Gasteiger charge is -2.36. The van der Waals surface area contributed by atoms with E-state index in [1.807, 2.05) is 38.1 Å². The first-order chi connectivity index (χ1) is 14.5. The molecule has 2 aromatic carbocycles. The Kier molecular flexibility index (Phi) is 6.00. The number of hydrogen-bond donors (Lipinski definition) is 1. The molecule has 2 heterocycles. The van der Waals surface area contributed by atoms with Crippen LogP contribution in [0.4, 0.5) is 5.69 Å². The van der Waals surface area contributed by atoms with Crippen LogP contribution in [0.2, 0.25) is 0 Å². The van der Waals surface area contributed by atoms with E-state index in [1.54, 1.807) is 0 Å². The van der Waals surface area contributed by atoms with Crippen LogP contribution in [0.1, 0.15) is 27.2 Å². The third-order valence-electron chi connectivity index (χ3n) is 5.79. The molecular formula is C25H30N4O. The molecule has 3 aromatic rings. The number of nitrogens with zero attached hydrogens (tertiary/aromatic N) is 3. The molecular weight excluding hydrogens is 372 g/mol. The second-order valence-corrected chi connectivity index (χ2v) is 8.26. The Morgan fingerprint density at radius 1 is 0.967 bits per heavy atom. The van der Waals surface area contributed by atoms with Gasteiger partial charge in [0.1, 0.15) is 0 Å². The van der Waals surface area contributed by atoms with Crippen LogP contribution < -0.4 is 10.2 Å². The fourth-order valence-corrected chi connectivity index (χ4v) is 4.14. The zero-order chi connectivity index (χ0) is 21.1. The van der Waals surface area contributed by atoms with Crippen molar-refractivity contribution in [2.24, 2.45) is 0 Å². The second kappa shape index (κ2) is 8.84. The van der Waals surface area contributed by atoms with Crippen molar-refractivity contribution < 1.29 is 4.79 Å². The molecule has 1 N–H and O–H groups in total. The summed E-state index contributed by atoms with van der Waals surface area (Å²) in [4.78, 5) is 22.3. The third-order valence-corrected chi connectivity index (χ3v) is 5.79. The van der Waals surface area contributed by atoms with Crippen LogP contribution in [0, 0.1) is 20.8 Å². The molecule has 0 radical (unpaired) electrons. The first-order valence-corrected chi connectivity index (χ1v) is 10.7. The maximum atomic E-state index is 12.9. The normalized spacial score (nSPS) is 14.8. The molecule has 30 heavy (non-hydrogen) atoms. The molecule has 5 nitrogen and oxygen atoms in total. The molecule has 4 rings (SSSR count). The molecule has 0 atom stereocenters. The number of carbonyl (C=O) groups excluding carboxylic acids is 1. The number of carbonyl (C=O) groups is 1. The van der Waals surface area contributed by atoms with E-state index in [-0.39, 0.29) is 5.91 Å². The molecule has 1 aliphatic rings. The van der Waals surface area contributed by atoms with E-state index < -0.39 is 0 Å². The van der Waals surface area contributed by atoms with Gasteiger partial charge in [0.2, 0.25) is 0 Å². The number of piperazine rings is 1. The SMILES string of the molecule is Cc1cccc(N2CCN(CCNC(=O)c3cc(C)nc4ccc(C)cc34)CC2)c1. The zero-order valence-electron chi connectivity index (χ0n) is 18.1. The van der Waals surface area contributed by atoms with Gasteiger partial charge >= 0.3 is 0 Å². The highest BCUT2D eigenvalue weighted by molar-refractivity contribution is 6.06. The number of anilines is 1. The van der Waals surface area contributed by atoms with Crippen molar-refractivity contribution in [3.8, 4) is 0 Å². The second-order valence-electron chi connectivity index (χ2n) is 8.26. The van der Waals surface area contributed by atoms with Crippen molar-refractivity contribution in [1.29, 1.82) is 0 Å². The van der Waals surface area contributed by atoms with Crippen LogP contribution in [0.25, 0.3) is 10.9 Å². The highest BCUT2D eigenvalue weighted by atomic mass is 16.1. The third kappa shape index (κ3) is 4.62. The average molecular weight is 403 g/mol. The fraction of sp³-hybridized carbons (Fsp3) is 0.360. The smallest absolute Gasteiger partial charge is 0.252 e. The highest BCUT2D eigenvalue weighted by Gasteiger charge is 2.18. The quantitative estimate of drug-likeness (QED) is 0.707. The standard InChI is InChI=1S/C25H30N4O/c1-18-5-4-6-21(15-18)29-13-11-28(12-14-29)10-9-26-25(30)23-17-20(3)27-24-8-7-19(2)16-22(23)24/h4-8,15-17H,9-14H2,1-3H3,(H,26,30). The van der Waals surface area contributed by atoms with E-state index in [0.717, 1.165) is 54.9 Å². The van der Waals surface area contributed by atoms with Crippen LogP contribution in [0.5, 0.6) is 0 Å². The van der Waals surface area contributed by atoms with Gasteiger partial charge in [0, 0.05) is 56.0 Å². The molecule has 0 aliphatic carbocycles. The molecule has 1 aliphatic heterocycles. The Morgan fingerprint density at radius 2 is 1.73 bits per heavy atom. The maximum Gasteiger partial charge on any atom is 0.252 e.